The number of piperidine rings is 1. The van der Waals surface area contributed by atoms with Crippen LogP contribution in [-0.2, 0) is 15.1 Å². The highest BCUT2D eigenvalue weighted by Gasteiger charge is 2.51. The summed E-state index contributed by atoms with van der Waals surface area (Å²) < 4.78 is 5.66. The van der Waals surface area contributed by atoms with Gasteiger partial charge in [-0.1, -0.05) is 43.2 Å². The Hall–Kier alpha value is -1.47. The molecule has 1 saturated carbocycles. The molecule has 0 unspecified atom stereocenters. The van der Waals surface area contributed by atoms with Crippen LogP contribution in [0.15, 0.2) is 30.3 Å². The average molecular weight is 417 g/mol. The molecule has 4 rings (SSSR count). The summed E-state index contributed by atoms with van der Waals surface area (Å²) in [4.78, 5) is 17.8. The van der Waals surface area contributed by atoms with Gasteiger partial charge in [-0.2, -0.15) is 0 Å². The third-order valence-electron chi connectivity index (χ3n) is 7.15. The van der Waals surface area contributed by atoms with Crippen molar-refractivity contribution in [2.24, 2.45) is 5.92 Å². The van der Waals surface area contributed by atoms with Crippen molar-refractivity contribution in [1.29, 1.82) is 0 Å². The smallest absolute Gasteiger partial charge is 0.242 e. The maximum atomic E-state index is 13.7. The van der Waals surface area contributed by atoms with E-state index in [1.807, 2.05) is 35.2 Å². The number of aliphatic hydroxyl groups is 2. The number of likely N-dealkylation sites (tertiary alicyclic amines) is 1. The standard InChI is InChI=1S/C24H36N2O4/c1-23(2,28)17-25-14-15-30-16-21(25)22(27)26-13-12-24(29,18-8-4-3-5-9-18)19-10-6-7-11-20(19)26/h3-5,8-9,19-21,28-29H,6-7,10-17H2,1-2H3/t19-,20+,21-,24-/m0/s1. The summed E-state index contributed by atoms with van der Waals surface area (Å²) >= 11 is 0. The summed E-state index contributed by atoms with van der Waals surface area (Å²) in [6.45, 7) is 6.16. The number of hydrogen-bond donors (Lipinski definition) is 2. The fraction of sp³-hybridized carbons (Fsp3) is 0.708. The van der Waals surface area contributed by atoms with Crippen LogP contribution >= 0.6 is 0 Å². The molecule has 3 fully saturated rings. The van der Waals surface area contributed by atoms with E-state index in [9.17, 15) is 15.0 Å². The van der Waals surface area contributed by atoms with Crippen molar-refractivity contribution in [3.8, 4) is 0 Å². The van der Waals surface area contributed by atoms with Gasteiger partial charge in [0.1, 0.15) is 6.04 Å². The molecule has 0 aromatic heterocycles. The van der Waals surface area contributed by atoms with Crippen molar-refractivity contribution >= 4 is 5.91 Å². The van der Waals surface area contributed by atoms with Crippen molar-refractivity contribution in [3.63, 3.8) is 0 Å². The lowest BCUT2D eigenvalue weighted by atomic mass is 9.66. The summed E-state index contributed by atoms with van der Waals surface area (Å²) in [6, 6.07) is 9.66. The number of benzene rings is 1. The highest BCUT2D eigenvalue weighted by atomic mass is 16.5. The first-order valence-electron chi connectivity index (χ1n) is 11.4. The van der Waals surface area contributed by atoms with Gasteiger partial charge in [0.25, 0.3) is 0 Å². The number of carbonyl (C=O) groups excluding carboxylic acids is 1. The third kappa shape index (κ3) is 4.28. The van der Waals surface area contributed by atoms with E-state index in [2.05, 4.69) is 4.90 Å². The van der Waals surface area contributed by atoms with Crippen LogP contribution in [0.1, 0.15) is 51.5 Å². The lowest BCUT2D eigenvalue weighted by Crippen LogP contribution is -2.64. The molecule has 166 valence electrons. The topological polar surface area (TPSA) is 73.2 Å². The molecule has 4 atom stereocenters. The summed E-state index contributed by atoms with van der Waals surface area (Å²) in [5.74, 6) is 0.143. The predicted molar refractivity (Wildman–Crippen MR) is 115 cm³/mol. The second-order valence-electron chi connectivity index (χ2n) is 9.90. The lowest BCUT2D eigenvalue weighted by molar-refractivity contribution is -0.165. The quantitative estimate of drug-likeness (QED) is 0.787. The zero-order chi connectivity index (χ0) is 21.4. The van der Waals surface area contributed by atoms with Gasteiger partial charge in [0.05, 0.1) is 24.4 Å². The van der Waals surface area contributed by atoms with E-state index >= 15 is 0 Å². The van der Waals surface area contributed by atoms with Crippen LogP contribution in [0.4, 0.5) is 0 Å². The Morgan fingerprint density at radius 1 is 1.20 bits per heavy atom. The maximum absolute atomic E-state index is 13.7. The molecule has 2 N–H and O–H groups in total. The van der Waals surface area contributed by atoms with E-state index in [0.717, 1.165) is 31.2 Å². The number of β-amino-alcohol motifs (C(OH)–C–C–N with tert-alkyl or cyclic N) is 1. The number of amides is 1. The Kier molecular flexibility index (Phi) is 6.22. The highest BCUT2D eigenvalue weighted by molar-refractivity contribution is 5.82. The molecule has 3 aliphatic rings. The van der Waals surface area contributed by atoms with Gasteiger partial charge in [-0.25, -0.2) is 0 Å². The Morgan fingerprint density at radius 2 is 1.93 bits per heavy atom. The number of morpholine rings is 1. The Bertz CT molecular complexity index is 734. The maximum Gasteiger partial charge on any atom is 0.242 e. The summed E-state index contributed by atoms with van der Waals surface area (Å²) in [7, 11) is 0. The third-order valence-corrected chi connectivity index (χ3v) is 7.15. The van der Waals surface area contributed by atoms with E-state index in [0.29, 0.717) is 39.3 Å². The van der Waals surface area contributed by atoms with Gasteiger partial charge in [0.15, 0.2) is 0 Å². The van der Waals surface area contributed by atoms with E-state index in [1.54, 1.807) is 13.8 Å². The molecule has 2 saturated heterocycles. The monoisotopic (exact) mass is 416 g/mol. The molecule has 1 aromatic rings. The Balaban J connectivity index is 1.57. The zero-order valence-electron chi connectivity index (χ0n) is 18.3. The van der Waals surface area contributed by atoms with Crippen LogP contribution in [0.25, 0.3) is 0 Å². The number of hydrogen-bond acceptors (Lipinski definition) is 5. The van der Waals surface area contributed by atoms with Crippen molar-refractivity contribution < 1.29 is 19.7 Å². The number of nitrogens with zero attached hydrogens (tertiary/aromatic N) is 2. The molecule has 1 amide bonds. The van der Waals surface area contributed by atoms with E-state index < -0.39 is 11.2 Å². The first-order chi connectivity index (χ1) is 14.3. The van der Waals surface area contributed by atoms with Crippen molar-refractivity contribution in [1.82, 2.24) is 9.80 Å². The molecular weight excluding hydrogens is 380 g/mol. The van der Waals surface area contributed by atoms with Crippen molar-refractivity contribution in [2.75, 3.05) is 32.8 Å². The second-order valence-corrected chi connectivity index (χ2v) is 9.90. The molecule has 2 heterocycles. The van der Waals surface area contributed by atoms with Gasteiger partial charge in [-0.05, 0) is 38.7 Å². The van der Waals surface area contributed by atoms with Crippen LogP contribution in [0.5, 0.6) is 0 Å². The molecular formula is C24H36N2O4. The second kappa shape index (κ2) is 8.58. The van der Waals surface area contributed by atoms with Crippen molar-refractivity contribution in [3.05, 3.63) is 35.9 Å². The first-order valence-corrected chi connectivity index (χ1v) is 11.4. The Morgan fingerprint density at radius 3 is 2.67 bits per heavy atom. The fourth-order valence-electron chi connectivity index (χ4n) is 5.79. The van der Waals surface area contributed by atoms with Crippen LogP contribution < -0.4 is 0 Å². The average Bonchev–Trinajstić information content (AvgIpc) is 2.74. The summed E-state index contributed by atoms with van der Waals surface area (Å²) in [5.41, 5.74) is -0.767. The molecule has 0 bridgehead atoms. The fourth-order valence-corrected chi connectivity index (χ4v) is 5.79. The van der Waals surface area contributed by atoms with Gasteiger partial charge in [0, 0.05) is 31.6 Å². The molecule has 1 aromatic carbocycles. The first kappa shape index (κ1) is 21.8. The lowest BCUT2D eigenvalue weighted by Gasteiger charge is -2.53. The SMILES string of the molecule is CC(C)(O)CN1CCOC[C@H]1C(=O)N1CC[C@](O)(c2ccccc2)[C@H]2CCCC[C@H]21. The number of fused-ring (bicyclic) bond motifs is 1. The Labute approximate surface area is 179 Å². The normalized spacial score (nSPS) is 33.2. The van der Waals surface area contributed by atoms with E-state index in [1.165, 1.54) is 0 Å². The van der Waals surface area contributed by atoms with Crippen molar-refractivity contribution in [2.45, 2.75) is 69.2 Å². The minimum atomic E-state index is -0.876. The van der Waals surface area contributed by atoms with E-state index in [4.69, 9.17) is 4.74 Å². The molecule has 6 nitrogen and oxygen atoms in total. The van der Waals surface area contributed by atoms with Gasteiger partial charge >= 0.3 is 0 Å². The van der Waals surface area contributed by atoms with Crippen LogP contribution in [0, 0.1) is 5.92 Å². The minimum absolute atomic E-state index is 0.0520. The van der Waals surface area contributed by atoms with Crippen LogP contribution in [0.3, 0.4) is 0 Å². The molecule has 1 aliphatic carbocycles. The number of carbonyl (C=O) groups is 1. The van der Waals surface area contributed by atoms with Gasteiger partial charge < -0.3 is 19.8 Å². The van der Waals surface area contributed by atoms with E-state index in [-0.39, 0.29) is 23.9 Å². The molecule has 0 spiro atoms. The largest absolute Gasteiger partial charge is 0.389 e. The van der Waals surface area contributed by atoms with Gasteiger partial charge in [-0.3, -0.25) is 9.69 Å². The van der Waals surface area contributed by atoms with Crippen LogP contribution in [0.2, 0.25) is 0 Å². The highest BCUT2D eigenvalue weighted by Crippen LogP contribution is 2.47. The molecule has 0 radical (unpaired) electrons. The molecule has 6 heteroatoms. The molecule has 30 heavy (non-hydrogen) atoms. The number of ether oxygens (including phenoxy) is 1. The zero-order valence-corrected chi connectivity index (χ0v) is 18.3. The minimum Gasteiger partial charge on any atom is -0.389 e. The van der Waals surface area contributed by atoms with Gasteiger partial charge in [0.2, 0.25) is 5.91 Å². The van der Waals surface area contributed by atoms with Crippen LogP contribution in [-0.4, -0.2) is 76.5 Å². The predicted octanol–water partition coefficient (Wildman–Crippen LogP) is 2.14. The summed E-state index contributed by atoms with van der Waals surface area (Å²) in [5, 5.41) is 22.1. The molecule has 2 aliphatic heterocycles. The summed E-state index contributed by atoms with van der Waals surface area (Å²) in [6.07, 6.45) is 4.61. The number of rotatable bonds is 4. The van der Waals surface area contributed by atoms with Gasteiger partial charge in [-0.15, -0.1) is 0 Å².